The second-order valence-electron chi connectivity index (χ2n) is 5.37. The van der Waals surface area contributed by atoms with Crippen molar-refractivity contribution >= 4 is 6.09 Å². The van der Waals surface area contributed by atoms with E-state index < -0.39 is 29.9 Å². The van der Waals surface area contributed by atoms with Crippen molar-refractivity contribution in [2.24, 2.45) is 10.2 Å². The lowest BCUT2D eigenvalue weighted by molar-refractivity contribution is 0.00869. The summed E-state index contributed by atoms with van der Waals surface area (Å²) in [6.07, 6.45) is -2.31. The van der Waals surface area contributed by atoms with Crippen LogP contribution in [0.15, 0.2) is 10.2 Å². The second kappa shape index (κ2) is 6.31. The average molecular weight is 285 g/mol. The van der Waals surface area contributed by atoms with Crippen molar-refractivity contribution in [3.05, 3.63) is 20.9 Å². The molecule has 1 fully saturated rings. The van der Waals surface area contributed by atoms with Crippen molar-refractivity contribution in [2.75, 3.05) is 13.1 Å². The van der Waals surface area contributed by atoms with Gasteiger partial charge in [0.05, 0.1) is 18.6 Å². The highest BCUT2D eigenvalue weighted by molar-refractivity contribution is 5.68. The average Bonchev–Trinajstić information content (AvgIpc) is 2.31. The number of halogens is 1. The molecule has 3 unspecified atom stereocenters. The minimum absolute atomic E-state index is 0.0525. The number of piperidine rings is 1. The molecule has 1 rings (SSSR count). The van der Waals surface area contributed by atoms with Gasteiger partial charge in [0.15, 0.2) is 0 Å². The van der Waals surface area contributed by atoms with Crippen LogP contribution >= 0.6 is 0 Å². The number of rotatable bonds is 2. The maximum absolute atomic E-state index is 14.0. The Morgan fingerprint density at radius 2 is 1.90 bits per heavy atom. The smallest absolute Gasteiger partial charge is 0.410 e. The number of nitrogens with zero attached hydrogens (tertiary/aromatic N) is 7. The van der Waals surface area contributed by atoms with E-state index in [2.05, 4.69) is 20.1 Å². The van der Waals surface area contributed by atoms with Gasteiger partial charge in [-0.2, -0.15) is 0 Å². The van der Waals surface area contributed by atoms with Gasteiger partial charge >= 0.3 is 6.09 Å². The topological polar surface area (TPSA) is 127 Å². The van der Waals surface area contributed by atoms with Crippen LogP contribution in [-0.2, 0) is 4.74 Å². The maximum Gasteiger partial charge on any atom is 0.410 e. The van der Waals surface area contributed by atoms with E-state index >= 15 is 0 Å². The Hall–Kier alpha value is -2.18. The first-order chi connectivity index (χ1) is 9.28. The van der Waals surface area contributed by atoms with Crippen LogP contribution < -0.4 is 0 Å². The van der Waals surface area contributed by atoms with Gasteiger partial charge in [-0.1, -0.05) is 10.2 Å². The van der Waals surface area contributed by atoms with Crippen LogP contribution in [0, 0.1) is 0 Å². The van der Waals surface area contributed by atoms with Crippen molar-refractivity contribution in [3.63, 3.8) is 0 Å². The summed E-state index contributed by atoms with van der Waals surface area (Å²) in [5.74, 6) is 0. The number of carbonyl (C=O) groups is 1. The molecule has 3 atom stereocenters. The number of amides is 1. The Morgan fingerprint density at radius 1 is 1.30 bits per heavy atom. The van der Waals surface area contributed by atoms with E-state index in [4.69, 9.17) is 15.8 Å². The quantitative estimate of drug-likeness (QED) is 0.439. The minimum atomic E-state index is -1.61. The van der Waals surface area contributed by atoms with E-state index in [9.17, 15) is 9.18 Å². The van der Waals surface area contributed by atoms with Crippen LogP contribution in [0.25, 0.3) is 20.9 Å². The molecule has 0 N–H and O–H groups in total. The highest BCUT2D eigenvalue weighted by atomic mass is 19.1. The van der Waals surface area contributed by atoms with Gasteiger partial charge in [-0.3, -0.25) is 0 Å². The SMILES string of the molecule is CC(C)(C)OC(=O)N1CC(F)C(N=[N+]=[N-])C(N=[N+]=[N-])C1. The van der Waals surface area contributed by atoms with Crippen LogP contribution in [0.4, 0.5) is 9.18 Å². The van der Waals surface area contributed by atoms with Crippen molar-refractivity contribution in [3.8, 4) is 0 Å². The van der Waals surface area contributed by atoms with E-state index in [0.29, 0.717) is 0 Å². The fourth-order valence-electron chi connectivity index (χ4n) is 1.82. The number of likely N-dealkylation sites (tertiary alicyclic amines) is 1. The molecule has 1 aliphatic rings. The molecule has 0 aromatic heterocycles. The Morgan fingerprint density at radius 3 is 2.40 bits per heavy atom. The highest BCUT2D eigenvalue weighted by Crippen LogP contribution is 2.22. The summed E-state index contributed by atoms with van der Waals surface area (Å²) < 4.78 is 19.1. The largest absolute Gasteiger partial charge is 0.444 e. The minimum Gasteiger partial charge on any atom is -0.444 e. The maximum atomic E-state index is 14.0. The number of hydrogen-bond donors (Lipinski definition) is 0. The van der Waals surface area contributed by atoms with E-state index in [1.165, 1.54) is 0 Å². The monoisotopic (exact) mass is 285 g/mol. The number of carbonyl (C=O) groups excluding carboxylic acids is 1. The van der Waals surface area contributed by atoms with Crippen molar-refractivity contribution in [1.29, 1.82) is 0 Å². The molecule has 1 aliphatic heterocycles. The standard InChI is InChI=1S/C10H16FN7O2/c1-10(2,3)20-9(19)18-4-6(11)8(15-17-13)7(5-18)14-16-12/h6-8H,4-5H2,1-3H3. The molecular weight excluding hydrogens is 269 g/mol. The number of ether oxygens (including phenoxy) is 1. The molecule has 0 saturated carbocycles. The first kappa shape index (κ1) is 15.9. The Labute approximate surface area is 114 Å². The molecular formula is C10H16FN7O2. The van der Waals surface area contributed by atoms with E-state index in [0.717, 1.165) is 4.90 Å². The van der Waals surface area contributed by atoms with Crippen LogP contribution in [0.2, 0.25) is 0 Å². The molecule has 0 aromatic rings. The highest BCUT2D eigenvalue weighted by Gasteiger charge is 2.39. The zero-order chi connectivity index (χ0) is 15.3. The third-order valence-corrected chi connectivity index (χ3v) is 2.60. The molecule has 0 aromatic carbocycles. The molecule has 0 spiro atoms. The van der Waals surface area contributed by atoms with E-state index in [1.807, 2.05) is 0 Å². The normalized spacial score (nSPS) is 26.2. The van der Waals surface area contributed by atoms with Crippen LogP contribution in [0.3, 0.4) is 0 Å². The molecule has 110 valence electrons. The molecule has 0 radical (unpaired) electrons. The lowest BCUT2D eigenvalue weighted by Crippen LogP contribution is -2.54. The van der Waals surface area contributed by atoms with Crippen molar-refractivity contribution in [1.82, 2.24) is 4.90 Å². The molecule has 10 heteroatoms. The summed E-state index contributed by atoms with van der Waals surface area (Å²) in [7, 11) is 0. The first-order valence-electron chi connectivity index (χ1n) is 5.99. The van der Waals surface area contributed by atoms with Gasteiger partial charge < -0.3 is 9.64 Å². The zero-order valence-corrected chi connectivity index (χ0v) is 11.5. The number of azide groups is 2. The fraction of sp³-hybridized carbons (Fsp3) is 0.900. The predicted molar refractivity (Wildman–Crippen MR) is 68.6 cm³/mol. The number of alkyl halides is 1. The summed E-state index contributed by atoms with van der Waals surface area (Å²) in [4.78, 5) is 18.1. The lowest BCUT2D eigenvalue weighted by Gasteiger charge is -2.37. The Kier molecular flexibility index (Phi) is 5.01. The molecule has 1 saturated heterocycles. The lowest BCUT2D eigenvalue weighted by atomic mass is 9.99. The van der Waals surface area contributed by atoms with Gasteiger partial charge in [0.25, 0.3) is 0 Å². The Balaban J connectivity index is 2.87. The summed E-state index contributed by atoms with van der Waals surface area (Å²) >= 11 is 0. The molecule has 0 bridgehead atoms. The zero-order valence-electron chi connectivity index (χ0n) is 11.5. The molecule has 1 amide bonds. The Bertz CT molecular complexity index is 465. The van der Waals surface area contributed by atoms with Gasteiger partial charge in [0, 0.05) is 16.4 Å². The van der Waals surface area contributed by atoms with Crippen molar-refractivity contribution < 1.29 is 13.9 Å². The number of hydrogen-bond acceptors (Lipinski definition) is 4. The van der Waals surface area contributed by atoms with Gasteiger partial charge in [0.1, 0.15) is 11.8 Å². The second-order valence-corrected chi connectivity index (χ2v) is 5.37. The van der Waals surface area contributed by atoms with Gasteiger partial charge in [-0.15, -0.1) is 0 Å². The molecule has 9 nitrogen and oxygen atoms in total. The van der Waals surface area contributed by atoms with E-state index in [-0.39, 0.29) is 13.1 Å². The van der Waals surface area contributed by atoms with Crippen LogP contribution in [0.1, 0.15) is 20.8 Å². The third-order valence-electron chi connectivity index (χ3n) is 2.60. The summed E-state index contributed by atoms with van der Waals surface area (Å²) in [6, 6.07) is -2.07. The van der Waals surface area contributed by atoms with Crippen LogP contribution in [0.5, 0.6) is 0 Å². The van der Waals surface area contributed by atoms with E-state index in [1.54, 1.807) is 20.8 Å². The van der Waals surface area contributed by atoms with Crippen LogP contribution in [-0.4, -0.2) is 47.9 Å². The molecule has 1 heterocycles. The third kappa shape index (κ3) is 4.18. The van der Waals surface area contributed by atoms with Crippen molar-refractivity contribution in [2.45, 2.75) is 44.6 Å². The summed E-state index contributed by atoms with van der Waals surface area (Å²) in [5.41, 5.74) is 16.2. The van der Waals surface area contributed by atoms with Gasteiger partial charge in [-0.05, 0) is 31.8 Å². The fourth-order valence-corrected chi connectivity index (χ4v) is 1.82. The summed E-state index contributed by atoms with van der Waals surface area (Å²) in [6.45, 7) is 4.75. The molecule has 20 heavy (non-hydrogen) atoms. The molecule has 0 aliphatic carbocycles. The van der Waals surface area contributed by atoms with Gasteiger partial charge in [0.2, 0.25) is 0 Å². The first-order valence-corrected chi connectivity index (χ1v) is 5.99. The van der Waals surface area contributed by atoms with Gasteiger partial charge in [-0.25, -0.2) is 9.18 Å². The summed E-state index contributed by atoms with van der Waals surface area (Å²) in [5, 5.41) is 6.68. The predicted octanol–water partition coefficient (Wildman–Crippen LogP) is 2.93.